The Morgan fingerprint density at radius 2 is 1.83 bits per heavy atom. The number of carbonyl (C=O) groups excluding carboxylic acids is 1. The molecule has 30 heavy (non-hydrogen) atoms. The fraction of sp³-hybridized carbons (Fsp3) is 0.550. The summed E-state index contributed by atoms with van der Waals surface area (Å²) in [7, 11) is -3.59. The molecule has 2 fully saturated rings. The standard InChI is InChI=1S/C20H26N4O5S/c1-13-10-14(2)12-24(11-13)30(26,27)16-7-5-15(6-8-16)18(25)21-20-23-22-19(29-20)17-4-3-9-28-17/h5-8,13-14,17H,3-4,9-12H2,1-2H3,(H,21,23,25)/t13-,14-,17+/m1/s1. The molecular formula is C20H26N4O5S. The van der Waals surface area contributed by atoms with E-state index < -0.39 is 15.9 Å². The first-order valence-electron chi connectivity index (χ1n) is 10.2. The first-order chi connectivity index (χ1) is 14.3. The van der Waals surface area contributed by atoms with Crippen molar-refractivity contribution in [3.63, 3.8) is 0 Å². The second kappa shape index (κ2) is 8.44. The van der Waals surface area contributed by atoms with E-state index in [2.05, 4.69) is 29.4 Å². The van der Waals surface area contributed by atoms with Crippen LogP contribution in [-0.2, 0) is 14.8 Å². The predicted molar refractivity (Wildman–Crippen MR) is 108 cm³/mol. The molecule has 0 saturated carbocycles. The van der Waals surface area contributed by atoms with Crippen molar-refractivity contribution in [2.24, 2.45) is 11.8 Å². The number of anilines is 1. The Kier molecular flexibility index (Phi) is 5.90. The van der Waals surface area contributed by atoms with Gasteiger partial charge in [0.2, 0.25) is 15.9 Å². The minimum Gasteiger partial charge on any atom is -0.405 e. The highest BCUT2D eigenvalue weighted by atomic mass is 32.2. The molecule has 1 aromatic heterocycles. The van der Waals surface area contributed by atoms with Gasteiger partial charge in [-0.1, -0.05) is 18.9 Å². The Hall–Kier alpha value is -2.30. The average molecular weight is 435 g/mol. The number of nitrogens with zero attached hydrogens (tertiary/aromatic N) is 3. The molecule has 2 aromatic rings. The Bertz CT molecular complexity index is 988. The number of sulfonamides is 1. The van der Waals surface area contributed by atoms with Crippen molar-refractivity contribution in [2.75, 3.05) is 25.0 Å². The lowest BCUT2D eigenvalue weighted by Crippen LogP contribution is -2.42. The Balaban J connectivity index is 1.43. The lowest BCUT2D eigenvalue weighted by atomic mass is 9.94. The summed E-state index contributed by atoms with van der Waals surface area (Å²) in [5.74, 6) is 0.529. The highest BCUT2D eigenvalue weighted by molar-refractivity contribution is 7.89. The molecule has 1 amide bonds. The second-order valence-corrected chi connectivity index (χ2v) is 10.1. The third kappa shape index (κ3) is 4.40. The third-order valence-corrected chi connectivity index (χ3v) is 7.30. The normalized spacial score (nSPS) is 25.3. The summed E-state index contributed by atoms with van der Waals surface area (Å²) in [4.78, 5) is 12.6. The molecule has 4 rings (SSSR count). The minimum absolute atomic E-state index is 0.0153. The number of amides is 1. The van der Waals surface area contributed by atoms with Crippen LogP contribution < -0.4 is 5.32 Å². The van der Waals surface area contributed by atoms with Crippen LogP contribution in [0.5, 0.6) is 0 Å². The molecule has 3 heterocycles. The summed E-state index contributed by atoms with van der Waals surface area (Å²) in [6.07, 6.45) is 2.53. The fourth-order valence-corrected chi connectivity index (χ4v) is 5.77. The highest BCUT2D eigenvalue weighted by Crippen LogP contribution is 2.29. The average Bonchev–Trinajstić information content (AvgIpc) is 3.39. The zero-order valence-electron chi connectivity index (χ0n) is 17.1. The van der Waals surface area contributed by atoms with Gasteiger partial charge in [0.15, 0.2) is 0 Å². The number of benzene rings is 1. The second-order valence-electron chi connectivity index (χ2n) is 8.19. The van der Waals surface area contributed by atoms with Gasteiger partial charge in [-0.05, 0) is 55.4 Å². The van der Waals surface area contributed by atoms with E-state index in [1.807, 2.05) is 0 Å². The van der Waals surface area contributed by atoms with E-state index >= 15 is 0 Å². The maximum atomic E-state index is 13.0. The van der Waals surface area contributed by atoms with Crippen LogP contribution in [0.4, 0.5) is 6.01 Å². The fourth-order valence-electron chi connectivity index (χ4n) is 4.09. The van der Waals surface area contributed by atoms with E-state index in [0.717, 1.165) is 19.3 Å². The van der Waals surface area contributed by atoms with Crippen molar-refractivity contribution in [3.8, 4) is 0 Å². The van der Waals surface area contributed by atoms with Crippen LogP contribution in [0.3, 0.4) is 0 Å². The maximum Gasteiger partial charge on any atom is 0.322 e. The number of piperidine rings is 1. The first-order valence-corrected chi connectivity index (χ1v) is 11.6. The van der Waals surface area contributed by atoms with Gasteiger partial charge in [-0.3, -0.25) is 10.1 Å². The zero-order valence-corrected chi connectivity index (χ0v) is 17.9. The summed E-state index contributed by atoms with van der Waals surface area (Å²) < 4.78 is 38.4. The number of nitrogens with one attached hydrogen (secondary N) is 1. The van der Waals surface area contributed by atoms with Crippen molar-refractivity contribution in [2.45, 2.75) is 44.1 Å². The topological polar surface area (TPSA) is 115 Å². The van der Waals surface area contributed by atoms with E-state index in [-0.39, 0.29) is 17.0 Å². The summed E-state index contributed by atoms with van der Waals surface area (Å²) >= 11 is 0. The molecule has 9 nitrogen and oxygen atoms in total. The molecule has 162 valence electrons. The van der Waals surface area contributed by atoms with Gasteiger partial charge >= 0.3 is 6.01 Å². The van der Waals surface area contributed by atoms with Crippen molar-refractivity contribution < 1.29 is 22.4 Å². The summed E-state index contributed by atoms with van der Waals surface area (Å²) in [5, 5.41) is 10.3. The van der Waals surface area contributed by atoms with Crippen LogP contribution in [0.1, 0.15) is 55.5 Å². The molecule has 2 saturated heterocycles. The van der Waals surface area contributed by atoms with Gasteiger partial charge in [0.1, 0.15) is 6.10 Å². The minimum atomic E-state index is -3.59. The third-order valence-electron chi connectivity index (χ3n) is 5.46. The SMILES string of the molecule is C[C@@H]1C[C@@H](C)CN(S(=O)(=O)c2ccc(C(=O)Nc3nnc([C@@H]4CCCO4)o3)cc2)C1. The van der Waals surface area contributed by atoms with E-state index in [4.69, 9.17) is 9.15 Å². The molecule has 1 aromatic carbocycles. The lowest BCUT2D eigenvalue weighted by Gasteiger charge is -2.34. The molecule has 2 aliphatic heterocycles. The smallest absolute Gasteiger partial charge is 0.322 e. The Morgan fingerprint density at radius 1 is 1.13 bits per heavy atom. The monoisotopic (exact) mass is 434 g/mol. The molecule has 0 unspecified atom stereocenters. The van der Waals surface area contributed by atoms with Gasteiger partial charge in [0.05, 0.1) is 4.90 Å². The van der Waals surface area contributed by atoms with Crippen molar-refractivity contribution in [1.29, 1.82) is 0 Å². The van der Waals surface area contributed by atoms with Crippen LogP contribution in [0.2, 0.25) is 0 Å². The van der Waals surface area contributed by atoms with Gasteiger partial charge < -0.3 is 9.15 Å². The quantitative estimate of drug-likeness (QED) is 0.769. The molecule has 0 aliphatic carbocycles. The highest BCUT2D eigenvalue weighted by Gasteiger charge is 2.31. The van der Waals surface area contributed by atoms with Gasteiger partial charge in [-0.2, -0.15) is 4.31 Å². The Morgan fingerprint density at radius 3 is 2.47 bits per heavy atom. The molecular weight excluding hydrogens is 408 g/mol. The summed E-state index contributed by atoms with van der Waals surface area (Å²) in [6.45, 7) is 5.80. The van der Waals surface area contributed by atoms with Crippen LogP contribution in [0, 0.1) is 11.8 Å². The molecule has 2 aliphatic rings. The van der Waals surface area contributed by atoms with E-state index in [0.29, 0.717) is 43.0 Å². The van der Waals surface area contributed by atoms with Crippen LogP contribution in [0.15, 0.2) is 33.6 Å². The summed E-state index contributed by atoms with van der Waals surface area (Å²) in [6, 6.07) is 5.87. The largest absolute Gasteiger partial charge is 0.405 e. The van der Waals surface area contributed by atoms with Crippen molar-refractivity contribution >= 4 is 21.9 Å². The van der Waals surface area contributed by atoms with Crippen molar-refractivity contribution in [3.05, 3.63) is 35.7 Å². The zero-order chi connectivity index (χ0) is 21.3. The number of rotatable bonds is 5. The van der Waals surface area contributed by atoms with Crippen LogP contribution in [-0.4, -0.2) is 48.5 Å². The van der Waals surface area contributed by atoms with E-state index in [1.165, 1.54) is 28.6 Å². The van der Waals surface area contributed by atoms with Gasteiger partial charge in [-0.25, -0.2) is 8.42 Å². The Labute approximate surface area is 175 Å². The predicted octanol–water partition coefficient (Wildman–Crippen LogP) is 2.84. The molecule has 0 bridgehead atoms. The van der Waals surface area contributed by atoms with Gasteiger partial charge in [0.25, 0.3) is 5.91 Å². The van der Waals surface area contributed by atoms with Crippen molar-refractivity contribution in [1.82, 2.24) is 14.5 Å². The van der Waals surface area contributed by atoms with Crippen LogP contribution >= 0.6 is 0 Å². The molecule has 1 N–H and O–H groups in total. The first kappa shape index (κ1) is 21.0. The molecule has 0 radical (unpaired) electrons. The lowest BCUT2D eigenvalue weighted by molar-refractivity contribution is 0.0893. The van der Waals surface area contributed by atoms with Crippen LogP contribution in [0.25, 0.3) is 0 Å². The maximum absolute atomic E-state index is 13.0. The number of hydrogen-bond acceptors (Lipinski definition) is 7. The number of carbonyl (C=O) groups is 1. The van der Waals surface area contributed by atoms with Gasteiger partial charge in [-0.15, -0.1) is 5.10 Å². The van der Waals surface area contributed by atoms with E-state index in [9.17, 15) is 13.2 Å². The van der Waals surface area contributed by atoms with E-state index in [1.54, 1.807) is 0 Å². The number of aromatic nitrogens is 2. The molecule has 10 heteroatoms. The molecule has 0 spiro atoms. The van der Waals surface area contributed by atoms with Gasteiger partial charge in [0, 0.05) is 25.3 Å². The molecule has 3 atom stereocenters. The summed E-state index contributed by atoms with van der Waals surface area (Å²) in [5.41, 5.74) is 0.297. The number of ether oxygens (including phenoxy) is 1. The number of hydrogen-bond donors (Lipinski definition) is 1.